The van der Waals surface area contributed by atoms with E-state index in [2.05, 4.69) is 4.98 Å². The highest BCUT2D eigenvalue weighted by Gasteiger charge is 2.19. The second-order valence-corrected chi connectivity index (χ2v) is 7.14. The van der Waals surface area contributed by atoms with Gasteiger partial charge in [-0.2, -0.15) is 0 Å². The molecule has 0 spiro atoms. The third kappa shape index (κ3) is 2.56. The number of aryl methyl sites for hydroxylation is 2. The Morgan fingerprint density at radius 3 is 2.38 bits per heavy atom. The number of aromatic nitrogens is 2. The van der Waals surface area contributed by atoms with Crippen LogP contribution in [0, 0.1) is 6.92 Å². The van der Waals surface area contributed by atoms with Crippen molar-refractivity contribution in [3.63, 3.8) is 0 Å². The van der Waals surface area contributed by atoms with E-state index in [1.54, 1.807) is 12.1 Å². The van der Waals surface area contributed by atoms with Gasteiger partial charge in [-0.05, 0) is 31.2 Å². The van der Waals surface area contributed by atoms with Crippen molar-refractivity contribution in [2.75, 3.05) is 0 Å². The Hall–Kier alpha value is -2.14. The minimum absolute atomic E-state index is 0.0960. The molecule has 4 nitrogen and oxygen atoms in total. The van der Waals surface area contributed by atoms with Crippen molar-refractivity contribution in [1.82, 2.24) is 9.55 Å². The van der Waals surface area contributed by atoms with Crippen LogP contribution < -0.4 is 0 Å². The fourth-order valence-corrected chi connectivity index (χ4v) is 3.64. The lowest BCUT2D eigenvalue weighted by Gasteiger charge is -2.05. The zero-order chi connectivity index (χ0) is 15.0. The molecule has 3 rings (SSSR count). The van der Waals surface area contributed by atoms with Crippen LogP contribution in [0.2, 0.25) is 0 Å². The summed E-state index contributed by atoms with van der Waals surface area (Å²) in [4.78, 5) is 4.76. The molecule has 0 amide bonds. The molecule has 108 valence electrons. The van der Waals surface area contributed by atoms with Crippen LogP contribution in [0.3, 0.4) is 0 Å². The molecule has 2 aromatic carbocycles. The van der Waals surface area contributed by atoms with E-state index in [1.807, 2.05) is 54.9 Å². The molecule has 0 saturated heterocycles. The van der Waals surface area contributed by atoms with Gasteiger partial charge in [-0.25, -0.2) is 13.4 Å². The molecule has 0 aliphatic carbocycles. The van der Waals surface area contributed by atoms with Crippen LogP contribution in [0.5, 0.6) is 0 Å². The average Bonchev–Trinajstić information content (AvgIpc) is 2.76. The van der Waals surface area contributed by atoms with E-state index >= 15 is 0 Å². The predicted molar refractivity (Wildman–Crippen MR) is 82.8 cm³/mol. The van der Waals surface area contributed by atoms with E-state index in [-0.39, 0.29) is 5.75 Å². The summed E-state index contributed by atoms with van der Waals surface area (Å²) in [5, 5.41) is 0. The lowest BCUT2D eigenvalue weighted by atomic mass is 10.2. The number of hydrogen-bond acceptors (Lipinski definition) is 3. The topological polar surface area (TPSA) is 52.0 Å². The maximum Gasteiger partial charge on any atom is 0.185 e. The van der Waals surface area contributed by atoms with Gasteiger partial charge in [0.05, 0.1) is 15.9 Å². The molecule has 0 radical (unpaired) electrons. The summed E-state index contributed by atoms with van der Waals surface area (Å²) in [5.41, 5.74) is 2.79. The molecule has 0 fully saturated rings. The second-order valence-electron chi connectivity index (χ2n) is 5.15. The smallest absolute Gasteiger partial charge is 0.185 e. The van der Waals surface area contributed by atoms with Gasteiger partial charge in [0, 0.05) is 7.05 Å². The molecule has 0 saturated carbocycles. The zero-order valence-electron chi connectivity index (χ0n) is 11.9. The minimum atomic E-state index is -3.38. The fourth-order valence-electron chi connectivity index (χ4n) is 2.32. The van der Waals surface area contributed by atoms with Crippen LogP contribution in [-0.2, 0) is 22.6 Å². The van der Waals surface area contributed by atoms with Gasteiger partial charge < -0.3 is 4.57 Å². The number of sulfone groups is 1. The highest BCUT2D eigenvalue weighted by atomic mass is 32.2. The summed E-state index contributed by atoms with van der Waals surface area (Å²) in [7, 11) is -1.54. The van der Waals surface area contributed by atoms with Crippen LogP contribution in [0.15, 0.2) is 53.4 Å². The standard InChI is InChI=1S/C16H16N2O2S/c1-12-7-9-13(10-8-12)21(19,20)11-16-17-14-5-3-4-6-15(14)18(16)2/h3-10H,11H2,1-2H3. The van der Waals surface area contributed by atoms with E-state index in [4.69, 9.17) is 0 Å². The Morgan fingerprint density at radius 1 is 1.05 bits per heavy atom. The first-order chi connectivity index (χ1) is 9.97. The van der Waals surface area contributed by atoms with Crippen molar-refractivity contribution >= 4 is 20.9 Å². The molecular weight excluding hydrogens is 284 g/mol. The van der Waals surface area contributed by atoms with Gasteiger partial charge in [0.15, 0.2) is 9.84 Å². The van der Waals surface area contributed by atoms with Crippen molar-refractivity contribution in [2.45, 2.75) is 17.6 Å². The van der Waals surface area contributed by atoms with Crippen LogP contribution >= 0.6 is 0 Å². The Kier molecular flexibility index (Phi) is 3.29. The first kappa shape index (κ1) is 13.8. The lowest BCUT2D eigenvalue weighted by molar-refractivity contribution is 0.592. The minimum Gasteiger partial charge on any atom is -0.330 e. The van der Waals surface area contributed by atoms with Gasteiger partial charge in [0.2, 0.25) is 0 Å². The maximum atomic E-state index is 12.5. The van der Waals surface area contributed by atoms with E-state index in [1.165, 1.54) is 0 Å². The van der Waals surface area contributed by atoms with Gasteiger partial charge in [-0.1, -0.05) is 29.8 Å². The summed E-state index contributed by atoms with van der Waals surface area (Å²) in [5.74, 6) is 0.457. The highest BCUT2D eigenvalue weighted by molar-refractivity contribution is 7.90. The Labute approximate surface area is 124 Å². The van der Waals surface area contributed by atoms with Crippen molar-refractivity contribution in [1.29, 1.82) is 0 Å². The number of hydrogen-bond donors (Lipinski definition) is 0. The maximum absolute atomic E-state index is 12.5. The van der Waals surface area contributed by atoms with E-state index in [0.29, 0.717) is 10.7 Å². The van der Waals surface area contributed by atoms with Gasteiger partial charge in [-0.3, -0.25) is 0 Å². The number of benzene rings is 2. The molecule has 0 atom stereocenters. The molecule has 5 heteroatoms. The summed E-state index contributed by atoms with van der Waals surface area (Å²) in [6.45, 7) is 1.93. The third-order valence-corrected chi connectivity index (χ3v) is 5.21. The average molecular weight is 300 g/mol. The molecule has 0 N–H and O–H groups in total. The number of rotatable bonds is 3. The number of imidazole rings is 1. The quantitative estimate of drug-likeness (QED) is 0.747. The van der Waals surface area contributed by atoms with Crippen LogP contribution in [0.1, 0.15) is 11.4 Å². The van der Waals surface area contributed by atoms with Crippen LogP contribution in [0.4, 0.5) is 0 Å². The van der Waals surface area contributed by atoms with Crippen molar-refractivity contribution in [3.8, 4) is 0 Å². The van der Waals surface area contributed by atoms with Gasteiger partial charge in [0.1, 0.15) is 11.6 Å². The third-order valence-electron chi connectivity index (χ3n) is 3.58. The summed E-state index contributed by atoms with van der Waals surface area (Å²) in [6, 6.07) is 14.5. The molecule has 0 bridgehead atoms. The molecule has 1 heterocycles. The van der Waals surface area contributed by atoms with E-state index in [9.17, 15) is 8.42 Å². The van der Waals surface area contributed by atoms with Crippen LogP contribution in [0.25, 0.3) is 11.0 Å². The van der Waals surface area contributed by atoms with E-state index < -0.39 is 9.84 Å². The first-order valence-electron chi connectivity index (χ1n) is 6.67. The van der Waals surface area contributed by atoms with Crippen LogP contribution in [-0.4, -0.2) is 18.0 Å². The molecule has 0 unspecified atom stereocenters. The lowest BCUT2D eigenvalue weighted by Crippen LogP contribution is -2.09. The molecule has 0 aliphatic rings. The molecule has 1 aromatic heterocycles. The van der Waals surface area contributed by atoms with Crippen molar-refractivity contribution in [2.24, 2.45) is 7.05 Å². The molecule has 21 heavy (non-hydrogen) atoms. The second kappa shape index (κ2) is 5.00. The summed E-state index contributed by atoms with van der Waals surface area (Å²) < 4.78 is 26.8. The van der Waals surface area contributed by atoms with Gasteiger partial charge >= 0.3 is 0 Å². The van der Waals surface area contributed by atoms with Crippen molar-refractivity contribution < 1.29 is 8.42 Å². The van der Waals surface area contributed by atoms with Gasteiger partial charge in [0.25, 0.3) is 0 Å². The predicted octanol–water partition coefficient (Wildman–Crippen LogP) is 2.86. The van der Waals surface area contributed by atoms with Crippen molar-refractivity contribution in [3.05, 3.63) is 59.9 Å². The summed E-state index contributed by atoms with van der Waals surface area (Å²) in [6.07, 6.45) is 0. The Bertz CT molecular complexity index is 894. The van der Waals surface area contributed by atoms with Gasteiger partial charge in [-0.15, -0.1) is 0 Å². The Balaban J connectivity index is 2.01. The molecular formula is C16H16N2O2S. The highest BCUT2D eigenvalue weighted by Crippen LogP contribution is 2.20. The monoisotopic (exact) mass is 300 g/mol. The zero-order valence-corrected chi connectivity index (χ0v) is 12.8. The molecule has 0 aliphatic heterocycles. The number of para-hydroxylation sites is 2. The largest absolute Gasteiger partial charge is 0.330 e. The normalized spacial score (nSPS) is 11.9. The molecule has 3 aromatic rings. The fraction of sp³-hybridized carbons (Fsp3) is 0.188. The Morgan fingerprint density at radius 2 is 1.71 bits per heavy atom. The number of fused-ring (bicyclic) bond motifs is 1. The van der Waals surface area contributed by atoms with E-state index in [0.717, 1.165) is 16.6 Å². The number of nitrogens with zero attached hydrogens (tertiary/aromatic N) is 2. The SMILES string of the molecule is Cc1ccc(S(=O)(=O)Cc2nc3ccccc3n2C)cc1. The first-order valence-corrected chi connectivity index (χ1v) is 8.32. The summed E-state index contributed by atoms with van der Waals surface area (Å²) >= 11 is 0.